The Hall–Kier alpha value is -1.81. The standard InChI is InChI=1S/C15H21N3O/c1-2-8-16-15(19)18-11-9-17(10-12-18)13-14-6-4-3-5-7-14/h2-8H,9-13H2,1H3,(H,16,19)/b8-2+. The van der Waals surface area contributed by atoms with Crippen LogP contribution in [0.1, 0.15) is 12.5 Å². The zero-order valence-corrected chi connectivity index (χ0v) is 11.4. The highest BCUT2D eigenvalue weighted by molar-refractivity contribution is 5.75. The maximum atomic E-state index is 11.8. The number of benzene rings is 1. The zero-order chi connectivity index (χ0) is 13.5. The van der Waals surface area contributed by atoms with Crippen molar-refractivity contribution < 1.29 is 4.79 Å². The third-order valence-corrected chi connectivity index (χ3v) is 3.28. The summed E-state index contributed by atoms with van der Waals surface area (Å²) < 4.78 is 0. The van der Waals surface area contributed by atoms with Crippen molar-refractivity contribution in [3.05, 3.63) is 48.2 Å². The molecule has 4 nitrogen and oxygen atoms in total. The number of hydrogen-bond acceptors (Lipinski definition) is 2. The Morgan fingerprint density at radius 2 is 1.89 bits per heavy atom. The normalized spacial score (nSPS) is 16.8. The van der Waals surface area contributed by atoms with Gasteiger partial charge >= 0.3 is 6.03 Å². The number of amides is 2. The lowest BCUT2D eigenvalue weighted by molar-refractivity contribution is 0.137. The van der Waals surface area contributed by atoms with Gasteiger partial charge in [-0.15, -0.1) is 0 Å². The Kier molecular flexibility index (Phi) is 4.98. The second-order valence-electron chi connectivity index (χ2n) is 4.70. The summed E-state index contributed by atoms with van der Waals surface area (Å²) in [6.07, 6.45) is 3.50. The number of nitrogens with one attached hydrogen (secondary N) is 1. The minimum atomic E-state index is -0.00235. The first-order valence-corrected chi connectivity index (χ1v) is 6.72. The molecule has 0 atom stereocenters. The molecule has 0 radical (unpaired) electrons. The highest BCUT2D eigenvalue weighted by Gasteiger charge is 2.20. The van der Waals surface area contributed by atoms with E-state index in [0.29, 0.717) is 0 Å². The summed E-state index contributed by atoms with van der Waals surface area (Å²) in [5.74, 6) is 0. The minimum Gasteiger partial charge on any atom is -0.322 e. The lowest BCUT2D eigenvalue weighted by atomic mass is 10.2. The van der Waals surface area contributed by atoms with Crippen LogP contribution in [-0.2, 0) is 6.54 Å². The monoisotopic (exact) mass is 259 g/mol. The highest BCUT2D eigenvalue weighted by atomic mass is 16.2. The molecule has 1 aliphatic heterocycles. The zero-order valence-electron chi connectivity index (χ0n) is 11.4. The lowest BCUT2D eigenvalue weighted by Crippen LogP contribution is -2.50. The van der Waals surface area contributed by atoms with Gasteiger partial charge in [0.05, 0.1) is 0 Å². The molecule has 2 rings (SSSR count). The number of carbonyl (C=O) groups excluding carboxylic acids is 1. The van der Waals surface area contributed by atoms with Gasteiger partial charge in [0.15, 0.2) is 0 Å². The van der Waals surface area contributed by atoms with Gasteiger partial charge < -0.3 is 10.2 Å². The molecule has 1 heterocycles. The maximum absolute atomic E-state index is 11.8. The van der Waals surface area contributed by atoms with Gasteiger partial charge in [0.25, 0.3) is 0 Å². The van der Waals surface area contributed by atoms with Crippen molar-refractivity contribution in [2.24, 2.45) is 0 Å². The molecular formula is C15H21N3O. The van der Waals surface area contributed by atoms with Crippen molar-refractivity contribution in [3.8, 4) is 0 Å². The Balaban J connectivity index is 1.78. The van der Waals surface area contributed by atoms with Crippen LogP contribution in [0.3, 0.4) is 0 Å². The van der Waals surface area contributed by atoms with Crippen LogP contribution in [0, 0.1) is 0 Å². The van der Waals surface area contributed by atoms with Crippen LogP contribution in [0.5, 0.6) is 0 Å². The lowest BCUT2D eigenvalue weighted by Gasteiger charge is -2.34. The second-order valence-corrected chi connectivity index (χ2v) is 4.70. The third kappa shape index (κ3) is 4.10. The predicted molar refractivity (Wildman–Crippen MR) is 76.6 cm³/mol. The molecular weight excluding hydrogens is 238 g/mol. The van der Waals surface area contributed by atoms with E-state index in [9.17, 15) is 4.79 Å². The molecule has 0 bridgehead atoms. The average molecular weight is 259 g/mol. The van der Waals surface area contributed by atoms with E-state index in [-0.39, 0.29) is 6.03 Å². The summed E-state index contributed by atoms with van der Waals surface area (Å²) in [6, 6.07) is 10.5. The smallest absolute Gasteiger partial charge is 0.321 e. The van der Waals surface area contributed by atoms with Crippen LogP contribution in [-0.4, -0.2) is 42.0 Å². The molecule has 4 heteroatoms. The fourth-order valence-electron chi connectivity index (χ4n) is 2.20. The van der Waals surface area contributed by atoms with E-state index in [4.69, 9.17) is 0 Å². The number of rotatable bonds is 3. The first-order chi connectivity index (χ1) is 9.29. The summed E-state index contributed by atoms with van der Waals surface area (Å²) in [7, 11) is 0. The van der Waals surface area contributed by atoms with Gasteiger partial charge in [0, 0.05) is 38.9 Å². The van der Waals surface area contributed by atoms with Crippen molar-refractivity contribution in [2.75, 3.05) is 26.2 Å². The van der Waals surface area contributed by atoms with Crippen molar-refractivity contribution in [1.82, 2.24) is 15.1 Å². The maximum Gasteiger partial charge on any atom is 0.321 e. The van der Waals surface area contributed by atoms with Crippen LogP contribution in [0.15, 0.2) is 42.6 Å². The van der Waals surface area contributed by atoms with E-state index >= 15 is 0 Å². The summed E-state index contributed by atoms with van der Waals surface area (Å²) in [5, 5.41) is 2.75. The third-order valence-electron chi connectivity index (χ3n) is 3.28. The van der Waals surface area contributed by atoms with Crippen molar-refractivity contribution >= 4 is 6.03 Å². The number of piperazine rings is 1. The molecule has 0 spiro atoms. The molecule has 1 fully saturated rings. The highest BCUT2D eigenvalue weighted by Crippen LogP contribution is 2.08. The van der Waals surface area contributed by atoms with Crippen LogP contribution in [0.4, 0.5) is 4.79 Å². The van der Waals surface area contributed by atoms with E-state index in [1.807, 2.05) is 24.0 Å². The fourth-order valence-corrected chi connectivity index (χ4v) is 2.20. The first-order valence-electron chi connectivity index (χ1n) is 6.72. The van der Waals surface area contributed by atoms with Crippen LogP contribution in [0.25, 0.3) is 0 Å². The van der Waals surface area contributed by atoms with Crippen LogP contribution >= 0.6 is 0 Å². The topological polar surface area (TPSA) is 35.6 Å². The fraction of sp³-hybridized carbons (Fsp3) is 0.400. The predicted octanol–water partition coefficient (Wildman–Crippen LogP) is 2.05. The van der Waals surface area contributed by atoms with Gasteiger partial charge in [0.2, 0.25) is 0 Å². The molecule has 1 aromatic rings. The molecule has 2 amide bonds. The average Bonchev–Trinajstić information content (AvgIpc) is 2.46. The molecule has 0 aromatic heterocycles. The van der Waals surface area contributed by atoms with Gasteiger partial charge in [-0.25, -0.2) is 4.79 Å². The number of carbonyl (C=O) groups is 1. The number of nitrogens with zero attached hydrogens (tertiary/aromatic N) is 2. The largest absolute Gasteiger partial charge is 0.322 e. The van der Waals surface area contributed by atoms with Gasteiger partial charge in [0.1, 0.15) is 0 Å². The molecule has 0 aliphatic carbocycles. The van der Waals surface area contributed by atoms with E-state index in [0.717, 1.165) is 32.7 Å². The molecule has 0 saturated carbocycles. The molecule has 102 valence electrons. The summed E-state index contributed by atoms with van der Waals surface area (Å²) in [6.45, 7) is 6.28. The molecule has 0 unspecified atom stereocenters. The summed E-state index contributed by atoms with van der Waals surface area (Å²) >= 11 is 0. The van der Waals surface area contributed by atoms with E-state index in [1.165, 1.54) is 5.56 Å². The van der Waals surface area contributed by atoms with Crippen molar-refractivity contribution in [1.29, 1.82) is 0 Å². The first kappa shape index (κ1) is 13.6. The Bertz CT molecular complexity index is 422. The van der Waals surface area contributed by atoms with E-state index < -0.39 is 0 Å². The number of urea groups is 1. The Labute approximate surface area is 114 Å². The molecule has 1 saturated heterocycles. The molecule has 1 aromatic carbocycles. The minimum absolute atomic E-state index is 0.00235. The quantitative estimate of drug-likeness (QED) is 0.901. The van der Waals surface area contributed by atoms with Gasteiger partial charge in [-0.3, -0.25) is 4.90 Å². The van der Waals surface area contributed by atoms with Gasteiger partial charge in [-0.2, -0.15) is 0 Å². The molecule has 19 heavy (non-hydrogen) atoms. The van der Waals surface area contributed by atoms with E-state index in [1.54, 1.807) is 6.20 Å². The van der Waals surface area contributed by atoms with Crippen LogP contribution < -0.4 is 5.32 Å². The van der Waals surface area contributed by atoms with Crippen molar-refractivity contribution in [3.63, 3.8) is 0 Å². The van der Waals surface area contributed by atoms with E-state index in [2.05, 4.69) is 34.5 Å². The van der Waals surface area contributed by atoms with Gasteiger partial charge in [-0.1, -0.05) is 36.4 Å². The van der Waals surface area contributed by atoms with Gasteiger partial charge in [-0.05, 0) is 12.5 Å². The summed E-state index contributed by atoms with van der Waals surface area (Å²) in [5.41, 5.74) is 1.33. The second kappa shape index (κ2) is 6.95. The molecule has 1 N–H and O–H groups in total. The SMILES string of the molecule is C/C=C/NC(=O)N1CCN(Cc2ccccc2)CC1. The number of allylic oxidation sites excluding steroid dienone is 1. The Morgan fingerprint density at radius 3 is 2.53 bits per heavy atom. The van der Waals surface area contributed by atoms with Crippen molar-refractivity contribution in [2.45, 2.75) is 13.5 Å². The Morgan fingerprint density at radius 1 is 1.21 bits per heavy atom. The summed E-state index contributed by atoms with van der Waals surface area (Å²) in [4.78, 5) is 16.0. The van der Waals surface area contributed by atoms with Crippen LogP contribution in [0.2, 0.25) is 0 Å². The number of hydrogen-bond donors (Lipinski definition) is 1. The molecule has 1 aliphatic rings.